The molecule has 0 N–H and O–H groups in total. The Morgan fingerprint density at radius 3 is 2.75 bits per heavy atom. The maximum absolute atomic E-state index is 5.85. The zero-order valence-corrected chi connectivity index (χ0v) is 15.9. The van der Waals surface area contributed by atoms with E-state index in [2.05, 4.69) is 51.9 Å². The molecular weight excluding hydrogens is 344 g/mol. The SMILES string of the molecule is C=CCn1c(CN(C)Cc2cnn(C)c2C)nnc1SCC(=C)Cl. The molecule has 0 fully saturated rings. The molecule has 0 radical (unpaired) electrons. The van der Waals surface area contributed by atoms with Crippen LogP contribution in [0.4, 0.5) is 0 Å². The number of rotatable bonds is 9. The van der Waals surface area contributed by atoms with Crippen molar-refractivity contribution in [3.63, 3.8) is 0 Å². The van der Waals surface area contributed by atoms with Gasteiger partial charge in [0.25, 0.3) is 0 Å². The maximum Gasteiger partial charge on any atom is 0.191 e. The van der Waals surface area contributed by atoms with Crippen LogP contribution in [0.3, 0.4) is 0 Å². The molecule has 0 spiro atoms. The standard InChI is InChI=1S/C16H23ClN6S/c1-6-7-23-15(19-20-16(23)24-11-12(2)17)10-21(4)9-14-8-18-22(5)13(14)3/h6,8H,1-2,7,9-11H2,3-5H3. The summed E-state index contributed by atoms with van der Waals surface area (Å²) in [6.45, 7) is 11.8. The molecule has 0 bridgehead atoms. The van der Waals surface area contributed by atoms with Crippen LogP contribution in [0.25, 0.3) is 0 Å². The van der Waals surface area contributed by atoms with Crippen molar-refractivity contribution >= 4 is 23.4 Å². The number of aryl methyl sites for hydroxylation is 1. The molecule has 2 heterocycles. The van der Waals surface area contributed by atoms with Crippen LogP contribution in [0.1, 0.15) is 17.1 Å². The molecule has 0 aromatic carbocycles. The summed E-state index contributed by atoms with van der Waals surface area (Å²) in [7, 11) is 4.01. The Balaban J connectivity index is 2.08. The van der Waals surface area contributed by atoms with E-state index in [1.54, 1.807) is 0 Å². The van der Waals surface area contributed by atoms with Crippen LogP contribution in [-0.2, 0) is 26.7 Å². The van der Waals surface area contributed by atoms with Crippen LogP contribution in [0.2, 0.25) is 0 Å². The highest BCUT2D eigenvalue weighted by Gasteiger charge is 2.15. The molecule has 0 saturated carbocycles. The Labute approximate surface area is 152 Å². The third kappa shape index (κ3) is 4.72. The Morgan fingerprint density at radius 2 is 2.17 bits per heavy atom. The van der Waals surface area contributed by atoms with Gasteiger partial charge in [0.2, 0.25) is 0 Å². The maximum atomic E-state index is 5.85. The normalized spacial score (nSPS) is 11.2. The van der Waals surface area contributed by atoms with Crippen molar-refractivity contribution in [2.75, 3.05) is 12.8 Å². The van der Waals surface area contributed by atoms with Crippen molar-refractivity contribution < 1.29 is 0 Å². The predicted octanol–water partition coefficient (Wildman–Crippen LogP) is 2.98. The van der Waals surface area contributed by atoms with E-state index in [0.717, 1.165) is 17.5 Å². The van der Waals surface area contributed by atoms with E-state index in [9.17, 15) is 0 Å². The lowest BCUT2D eigenvalue weighted by Gasteiger charge is -2.16. The van der Waals surface area contributed by atoms with Gasteiger partial charge in [-0.2, -0.15) is 5.10 Å². The fraction of sp³-hybridized carbons (Fsp3) is 0.438. The van der Waals surface area contributed by atoms with E-state index in [4.69, 9.17) is 11.6 Å². The van der Waals surface area contributed by atoms with Gasteiger partial charge < -0.3 is 4.57 Å². The molecule has 130 valence electrons. The van der Waals surface area contributed by atoms with Gasteiger partial charge in [-0.05, 0) is 14.0 Å². The minimum atomic E-state index is 0.596. The van der Waals surface area contributed by atoms with Crippen LogP contribution in [0.5, 0.6) is 0 Å². The first kappa shape index (κ1) is 18.8. The van der Waals surface area contributed by atoms with Gasteiger partial charge in [-0.1, -0.05) is 36.0 Å². The number of allylic oxidation sites excluding steroid dienone is 1. The van der Waals surface area contributed by atoms with Crippen LogP contribution in [0.15, 0.2) is 35.6 Å². The number of hydrogen-bond donors (Lipinski definition) is 0. The van der Waals surface area contributed by atoms with Crippen molar-refractivity contribution in [1.82, 2.24) is 29.4 Å². The third-order valence-electron chi connectivity index (χ3n) is 3.65. The molecule has 0 aliphatic carbocycles. The summed E-state index contributed by atoms with van der Waals surface area (Å²) in [5.74, 6) is 1.52. The second kappa shape index (κ2) is 8.50. The zero-order valence-electron chi connectivity index (χ0n) is 14.4. The highest BCUT2D eigenvalue weighted by Crippen LogP contribution is 2.21. The van der Waals surface area contributed by atoms with Gasteiger partial charge in [0.1, 0.15) is 5.82 Å². The lowest BCUT2D eigenvalue weighted by atomic mass is 10.2. The van der Waals surface area contributed by atoms with Gasteiger partial charge in [0.05, 0.1) is 12.7 Å². The third-order valence-corrected chi connectivity index (χ3v) is 5.00. The van der Waals surface area contributed by atoms with Crippen molar-refractivity contribution in [2.24, 2.45) is 7.05 Å². The molecule has 0 amide bonds. The van der Waals surface area contributed by atoms with Gasteiger partial charge in [0.15, 0.2) is 5.16 Å². The quantitative estimate of drug-likeness (QED) is 0.504. The Bertz CT molecular complexity index is 720. The van der Waals surface area contributed by atoms with Gasteiger partial charge in [-0.3, -0.25) is 9.58 Å². The van der Waals surface area contributed by atoms with E-state index in [-0.39, 0.29) is 0 Å². The Hall–Kier alpha value is -1.57. The average Bonchev–Trinajstić information content (AvgIpc) is 3.04. The highest BCUT2D eigenvalue weighted by atomic mass is 35.5. The Morgan fingerprint density at radius 1 is 1.42 bits per heavy atom. The molecule has 2 aromatic rings. The number of hydrogen-bond acceptors (Lipinski definition) is 5. The predicted molar refractivity (Wildman–Crippen MR) is 99.1 cm³/mol. The van der Waals surface area contributed by atoms with Crippen LogP contribution in [0, 0.1) is 6.92 Å². The smallest absolute Gasteiger partial charge is 0.191 e. The summed E-state index contributed by atoms with van der Waals surface area (Å²) in [6, 6.07) is 0. The summed E-state index contributed by atoms with van der Waals surface area (Å²) in [4.78, 5) is 2.20. The first-order valence-corrected chi connectivity index (χ1v) is 8.93. The first-order valence-electron chi connectivity index (χ1n) is 7.57. The monoisotopic (exact) mass is 366 g/mol. The second-order valence-electron chi connectivity index (χ2n) is 5.66. The summed E-state index contributed by atoms with van der Waals surface area (Å²) >= 11 is 7.38. The lowest BCUT2D eigenvalue weighted by molar-refractivity contribution is 0.304. The largest absolute Gasteiger partial charge is 0.301 e. The summed E-state index contributed by atoms with van der Waals surface area (Å²) in [5.41, 5.74) is 2.38. The molecular formula is C16H23ClN6S. The fourth-order valence-electron chi connectivity index (χ4n) is 2.29. The summed E-state index contributed by atoms with van der Waals surface area (Å²) in [5, 5.41) is 14.3. The molecule has 2 rings (SSSR count). The number of thioether (sulfide) groups is 1. The first-order chi connectivity index (χ1) is 11.4. The topological polar surface area (TPSA) is 51.8 Å². The molecule has 8 heteroatoms. The van der Waals surface area contributed by atoms with Gasteiger partial charge in [-0.25, -0.2) is 0 Å². The van der Waals surface area contributed by atoms with E-state index < -0.39 is 0 Å². The van der Waals surface area contributed by atoms with E-state index in [1.165, 1.54) is 23.0 Å². The van der Waals surface area contributed by atoms with Gasteiger partial charge >= 0.3 is 0 Å². The molecule has 6 nitrogen and oxygen atoms in total. The molecule has 0 aliphatic heterocycles. The molecule has 0 unspecified atom stereocenters. The average molecular weight is 367 g/mol. The van der Waals surface area contributed by atoms with Gasteiger partial charge in [-0.15, -0.1) is 16.8 Å². The highest BCUT2D eigenvalue weighted by molar-refractivity contribution is 7.99. The minimum Gasteiger partial charge on any atom is -0.301 e. The lowest BCUT2D eigenvalue weighted by Crippen LogP contribution is -2.20. The van der Waals surface area contributed by atoms with Crippen LogP contribution in [-0.4, -0.2) is 42.2 Å². The van der Waals surface area contributed by atoms with Crippen LogP contribution < -0.4 is 0 Å². The Kier molecular flexibility index (Phi) is 6.65. The molecule has 0 saturated heterocycles. The molecule has 24 heavy (non-hydrogen) atoms. The molecule has 0 atom stereocenters. The van der Waals surface area contributed by atoms with E-state index >= 15 is 0 Å². The summed E-state index contributed by atoms with van der Waals surface area (Å²) in [6.07, 6.45) is 3.76. The zero-order chi connectivity index (χ0) is 17.7. The number of halogens is 1. The van der Waals surface area contributed by atoms with Gasteiger partial charge in [0, 0.05) is 42.2 Å². The van der Waals surface area contributed by atoms with Crippen molar-refractivity contribution in [1.29, 1.82) is 0 Å². The molecule has 2 aromatic heterocycles. The van der Waals surface area contributed by atoms with Crippen molar-refractivity contribution in [3.8, 4) is 0 Å². The van der Waals surface area contributed by atoms with E-state index in [1.807, 2.05) is 24.0 Å². The van der Waals surface area contributed by atoms with Crippen LogP contribution >= 0.6 is 23.4 Å². The second-order valence-corrected chi connectivity index (χ2v) is 7.13. The van der Waals surface area contributed by atoms with Crippen molar-refractivity contribution in [2.45, 2.75) is 31.7 Å². The number of aromatic nitrogens is 5. The van der Waals surface area contributed by atoms with Crippen molar-refractivity contribution in [3.05, 3.63) is 47.5 Å². The number of nitrogens with zero attached hydrogens (tertiary/aromatic N) is 6. The van der Waals surface area contributed by atoms with E-state index in [0.29, 0.717) is 23.9 Å². The summed E-state index contributed by atoms with van der Waals surface area (Å²) < 4.78 is 3.95. The fourth-order valence-corrected chi connectivity index (χ4v) is 3.17. The minimum absolute atomic E-state index is 0.596. The molecule has 0 aliphatic rings.